The molecule has 218 valence electrons. The molecule has 2 aliphatic heterocycles. The van der Waals surface area contributed by atoms with Crippen molar-refractivity contribution in [1.29, 1.82) is 0 Å². The molecule has 2 aliphatic rings. The molecule has 42 heavy (non-hydrogen) atoms. The number of aromatic nitrogens is 3. The third kappa shape index (κ3) is 6.59. The summed E-state index contributed by atoms with van der Waals surface area (Å²) in [5.41, 5.74) is 4.60. The topological polar surface area (TPSA) is 105 Å². The lowest BCUT2D eigenvalue weighted by Gasteiger charge is -2.32. The Labute approximate surface area is 244 Å². The van der Waals surface area contributed by atoms with Crippen molar-refractivity contribution in [2.24, 2.45) is 0 Å². The van der Waals surface area contributed by atoms with Crippen LogP contribution in [0.1, 0.15) is 11.1 Å². The molecule has 1 amide bonds. The maximum absolute atomic E-state index is 12.6. The van der Waals surface area contributed by atoms with Crippen molar-refractivity contribution in [3.63, 3.8) is 0 Å². The van der Waals surface area contributed by atoms with Crippen molar-refractivity contribution in [2.75, 3.05) is 69.7 Å². The quantitative estimate of drug-likeness (QED) is 0.305. The van der Waals surface area contributed by atoms with Crippen molar-refractivity contribution in [1.82, 2.24) is 24.4 Å². The minimum Gasteiger partial charge on any atom is -0.429 e. The van der Waals surface area contributed by atoms with Crippen LogP contribution in [-0.2, 0) is 27.3 Å². The van der Waals surface area contributed by atoms with E-state index in [0.717, 1.165) is 68.3 Å². The van der Waals surface area contributed by atoms with E-state index in [9.17, 15) is 9.59 Å². The van der Waals surface area contributed by atoms with Crippen LogP contribution >= 0.6 is 0 Å². The van der Waals surface area contributed by atoms with Crippen LogP contribution in [0, 0.1) is 0 Å². The summed E-state index contributed by atoms with van der Waals surface area (Å²) in [5, 5.41) is 7.84. The number of benzene rings is 2. The van der Waals surface area contributed by atoms with Crippen LogP contribution in [0.15, 0.2) is 60.8 Å². The molecular formula is C31H35N7O4. The predicted octanol–water partition coefficient (Wildman–Crippen LogP) is 2.70. The average molecular weight is 570 g/mol. The number of carbonyl (C=O) groups excluding carboxylic acids is 2. The number of piperazine rings is 1. The summed E-state index contributed by atoms with van der Waals surface area (Å²) in [4.78, 5) is 35.3. The monoisotopic (exact) mass is 569 g/mol. The number of hydrogen-bond donors (Lipinski definition) is 1. The molecule has 0 atom stereocenters. The predicted molar refractivity (Wildman–Crippen MR) is 160 cm³/mol. The number of hydrogen-bond acceptors (Lipinski definition) is 9. The molecule has 0 saturated carbocycles. The summed E-state index contributed by atoms with van der Waals surface area (Å²) in [7, 11) is 2.17. The first kappa shape index (κ1) is 27.8. The fourth-order valence-electron chi connectivity index (χ4n) is 5.35. The van der Waals surface area contributed by atoms with Gasteiger partial charge in [-0.2, -0.15) is 0 Å². The molecule has 2 saturated heterocycles. The van der Waals surface area contributed by atoms with Crippen LogP contribution in [0.4, 0.5) is 11.5 Å². The van der Waals surface area contributed by atoms with Gasteiger partial charge in [-0.1, -0.05) is 12.1 Å². The normalized spacial score (nSPS) is 16.5. The van der Waals surface area contributed by atoms with Gasteiger partial charge in [0, 0.05) is 63.3 Å². The van der Waals surface area contributed by atoms with Gasteiger partial charge in [0.1, 0.15) is 11.3 Å². The summed E-state index contributed by atoms with van der Waals surface area (Å²) in [6.45, 7) is 8.45. The Bertz CT molecular complexity index is 1520. The number of anilines is 2. The summed E-state index contributed by atoms with van der Waals surface area (Å²) < 4.78 is 12.4. The van der Waals surface area contributed by atoms with E-state index in [0.29, 0.717) is 36.9 Å². The van der Waals surface area contributed by atoms with Gasteiger partial charge in [-0.25, -0.2) is 9.50 Å². The first-order valence-electron chi connectivity index (χ1n) is 14.3. The Morgan fingerprint density at radius 3 is 2.43 bits per heavy atom. The lowest BCUT2D eigenvalue weighted by atomic mass is 10.1. The van der Waals surface area contributed by atoms with Gasteiger partial charge in [0.2, 0.25) is 5.91 Å². The Balaban J connectivity index is 1.19. The van der Waals surface area contributed by atoms with E-state index in [1.165, 1.54) is 5.56 Å². The van der Waals surface area contributed by atoms with E-state index >= 15 is 0 Å². The van der Waals surface area contributed by atoms with E-state index in [-0.39, 0.29) is 12.3 Å². The highest BCUT2D eigenvalue weighted by Crippen LogP contribution is 2.27. The van der Waals surface area contributed by atoms with Gasteiger partial charge in [0.15, 0.2) is 11.6 Å². The number of carbonyl (C=O) groups is 2. The van der Waals surface area contributed by atoms with Crippen LogP contribution in [0.5, 0.6) is 5.75 Å². The Kier molecular flexibility index (Phi) is 8.40. The number of amides is 1. The van der Waals surface area contributed by atoms with Gasteiger partial charge in [0.05, 0.1) is 19.6 Å². The van der Waals surface area contributed by atoms with Gasteiger partial charge in [-0.3, -0.25) is 14.5 Å². The highest BCUT2D eigenvalue weighted by molar-refractivity contribution is 5.92. The molecule has 2 aromatic carbocycles. The first-order chi connectivity index (χ1) is 20.5. The molecule has 11 nitrogen and oxygen atoms in total. The van der Waals surface area contributed by atoms with E-state index in [2.05, 4.69) is 39.3 Å². The van der Waals surface area contributed by atoms with Crippen LogP contribution < -0.4 is 15.0 Å². The SMILES string of the molecule is CN1CCN(Cc2cc3c(N4CCOCC4)nc(-c4ccc(NC(=O)Cc5ccc(OC=O)cc5)cc4)nn3c2)CC1. The van der Waals surface area contributed by atoms with Crippen molar-refractivity contribution >= 4 is 29.4 Å². The number of ether oxygens (including phenoxy) is 2. The zero-order valence-corrected chi connectivity index (χ0v) is 23.7. The Morgan fingerprint density at radius 2 is 1.71 bits per heavy atom. The van der Waals surface area contributed by atoms with Gasteiger partial charge >= 0.3 is 0 Å². The Morgan fingerprint density at radius 1 is 0.976 bits per heavy atom. The minimum atomic E-state index is -0.140. The lowest BCUT2D eigenvalue weighted by molar-refractivity contribution is -0.120. The molecule has 0 unspecified atom stereocenters. The number of nitrogens with zero attached hydrogens (tertiary/aromatic N) is 6. The molecule has 0 aliphatic carbocycles. The van der Waals surface area contributed by atoms with Crippen molar-refractivity contribution in [3.05, 3.63) is 71.9 Å². The van der Waals surface area contributed by atoms with Crippen molar-refractivity contribution in [2.45, 2.75) is 13.0 Å². The average Bonchev–Trinajstić information content (AvgIpc) is 3.42. The zero-order chi connectivity index (χ0) is 28.9. The van der Waals surface area contributed by atoms with Gasteiger partial charge in [-0.05, 0) is 60.6 Å². The summed E-state index contributed by atoms with van der Waals surface area (Å²) in [6, 6.07) is 16.7. The number of nitrogens with one attached hydrogen (secondary N) is 1. The van der Waals surface area contributed by atoms with E-state index in [1.54, 1.807) is 24.3 Å². The number of rotatable bonds is 9. The number of likely N-dealkylation sites (N-methyl/N-ethyl adjacent to an activating group) is 1. The third-order valence-electron chi connectivity index (χ3n) is 7.71. The molecule has 11 heteroatoms. The largest absolute Gasteiger partial charge is 0.429 e. The van der Waals surface area contributed by atoms with E-state index < -0.39 is 0 Å². The molecule has 0 bridgehead atoms. The van der Waals surface area contributed by atoms with Crippen LogP contribution in [0.3, 0.4) is 0 Å². The smallest absolute Gasteiger partial charge is 0.298 e. The molecule has 0 radical (unpaired) electrons. The fourth-order valence-corrected chi connectivity index (χ4v) is 5.35. The molecule has 6 rings (SSSR count). The van der Waals surface area contributed by atoms with Crippen LogP contribution in [0.25, 0.3) is 16.9 Å². The second-order valence-corrected chi connectivity index (χ2v) is 10.8. The van der Waals surface area contributed by atoms with Crippen molar-refractivity contribution < 1.29 is 19.1 Å². The molecule has 1 N–H and O–H groups in total. The highest BCUT2D eigenvalue weighted by Gasteiger charge is 2.21. The third-order valence-corrected chi connectivity index (χ3v) is 7.71. The molecule has 4 aromatic rings. The van der Waals surface area contributed by atoms with Gasteiger partial charge < -0.3 is 24.6 Å². The number of fused-ring (bicyclic) bond motifs is 1. The maximum Gasteiger partial charge on any atom is 0.298 e. The molecule has 0 spiro atoms. The van der Waals surface area contributed by atoms with E-state index in [4.69, 9.17) is 19.6 Å². The van der Waals surface area contributed by atoms with Crippen LogP contribution in [0.2, 0.25) is 0 Å². The van der Waals surface area contributed by atoms with E-state index in [1.807, 2.05) is 28.8 Å². The highest BCUT2D eigenvalue weighted by atomic mass is 16.5. The molecule has 4 heterocycles. The zero-order valence-electron chi connectivity index (χ0n) is 23.7. The summed E-state index contributed by atoms with van der Waals surface area (Å²) >= 11 is 0. The van der Waals surface area contributed by atoms with Crippen molar-refractivity contribution in [3.8, 4) is 17.1 Å². The van der Waals surface area contributed by atoms with Gasteiger partial charge in [0.25, 0.3) is 6.47 Å². The first-order valence-corrected chi connectivity index (χ1v) is 14.3. The standard InChI is InChI=1S/C31H35N7O4/c1-35-10-12-36(13-11-35)20-24-18-28-31(37-14-16-41-17-15-37)33-30(34-38(28)21-24)25-4-6-26(7-5-25)32-29(40)19-23-2-8-27(9-3-23)42-22-39/h2-9,18,21-22H,10-17,19-20H2,1H3,(H,32,40). The Hall–Kier alpha value is -4.32. The number of morpholine rings is 1. The summed E-state index contributed by atoms with van der Waals surface area (Å²) in [5.74, 6) is 1.84. The summed E-state index contributed by atoms with van der Waals surface area (Å²) in [6.07, 6.45) is 2.32. The molecule has 2 aromatic heterocycles. The van der Waals surface area contributed by atoms with Gasteiger partial charge in [-0.15, -0.1) is 5.10 Å². The maximum atomic E-state index is 12.6. The fraction of sp³-hybridized carbons (Fsp3) is 0.355. The van der Waals surface area contributed by atoms with Crippen LogP contribution in [-0.4, -0.2) is 96.3 Å². The second kappa shape index (κ2) is 12.7. The molecular weight excluding hydrogens is 534 g/mol. The second-order valence-electron chi connectivity index (χ2n) is 10.8. The lowest BCUT2D eigenvalue weighted by Crippen LogP contribution is -2.43. The minimum absolute atomic E-state index is 0.140. The molecule has 2 fully saturated rings.